The number of nitrogens with one attached hydrogen (secondary N) is 1. The summed E-state index contributed by atoms with van der Waals surface area (Å²) in [4.78, 5) is 9.30. The molecule has 25 heavy (non-hydrogen) atoms. The van der Waals surface area contributed by atoms with Crippen molar-refractivity contribution in [3.05, 3.63) is 65.0 Å². The Bertz CT molecular complexity index is 1070. The summed E-state index contributed by atoms with van der Waals surface area (Å²) in [6.07, 6.45) is 0. The van der Waals surface area contributed by atoms with Gasteiger partial charge in [0.05, 0.1) is 5.39 Å². The van der Waals surface area contributed by atoms with E-state index in [4.69, 9.17) is 10.1 Å². The average Bonchev–Trinajstić information content (AvgIpc) is 2.94. The summed E-state index contributed by atoms with van der Waals surface area (Å²) in [6.45, 7) is 8.23. The van der Waals surface area contributed by atoms with Gasteiger partial charge in [0.25, 0.3) is 0 Å². The van der Waals surface area contributed by atoms with Gasteiger partial charge < -0.3 is 5.32 Å². The second-order valence-electron chi connectivity index (χ2n) is 6.57. The van der Waals surface area contributed by atoms with E-state index in [-0.39, 0.29) is 6.04 Å². The minimum absolute atomic E-state index is 0.161. The minimum atomic E-state index is 0.161. The number of rotatable bonds is 3. The molecule has 5 heteroatoms. The molecule has 0 fully saturated rings. The van der Waals surface area contributed by atoms with Crippen LogP contribution in [0.15, 0.2) is 42.5 Å². The third-order valence-electron chi connectivity index (χ3n) is 4.46. The van der Waals surface area contributed by atoms with Crippen molar-refractivity contribution in [1.29, 1.82) is 0 Å². The fourth-order valence-electron chi connectivity index (χ4n) is 3.29. The van der Waals surface area contributed by atoms with E-state index in [2.05, 4.69) is 54.5 Å². The Labute approximate surface area is 146 Å². The lowest BCUT2D eigenvalue weighted by atomic mass is 10.1. The maximum absolute atomic E-state index is 4.72. The molecule has 0 aliphatic rings. The standard InChI is InChI=1S/C20H21N5/c1-12-10-13(2)21-19-18(12)20-22-14(3)11-17(25(20)24-19)23-15(4)16-8-6-5-7-9-16/h5-11,15,23H,1-4H3. The number of nitrogens with zero attached hydrogens (tertiary/aromatic N) is 4. The van der Waals surface area contributed by atoms with Gasteiger partial charge in [0.15, 0.2) is 11.3 Å². The number of hydrogen-bond donors (Lipinski definition) is 1. The van der Waals surface area contributed by atoms with Crippen LogP contribution in [0.5, 0.6) is 0 Å². The molecule has 0 bridgehead atoms. The van der Waals surface area contributed by atoms with Crippen molar-refractivity contribution in [2.45, 2.75) is 33.7 Å². The average molecular weight is 331 g/mol. The molecule has 0 saturated carbocycles. The van der Waals surface area contributed by atoms with E-state index in [0.29, 0.717) is 0 Å². The largest absolute Gasteiger partial charge is 0.363 e. The van der Waals surface area contributed by atoms with Gasteiger partial charge in [-0.3, -0.25) is 0 Å². The summed E-state index contributed by atoms with van der Waals surface area (Å²) in [5.41, 5.74) is 5.90. The van der Waals surface area contributed by atoms with Crippen molar-refractivity contribution in [1.82, 2.24) is 19.6 Å². The molecule has 5 nitrogen and oxygen atoms in total. The topological polar surface area (TPSA) is 55.1 Å². The molecule has 126 valence electrons. The monoisotopic (exact) mass is 331 g/mol. The molecule has 0 spiro atoms. The van der Waals surface area contributed by atoms with Crippen molar-refractivity contribution in [2.24, 2.45) is 0 Å². The molecule has 0 aliphatic heterocycles. The quantitative estimate of drug-likeness (QED) is 0.605. The van der Waals surface area contributed by atoms with Crippen LogP contribution in [-0.2, 0) is 0 Å². The summed E-state index contributed by atoms with van der Waals surface area (Å²) >= 11 is 0. The van der Waals surface area contributed by atoms with Gasteiger partial charge in [-0.05, 0) is 44.9 Å². The van der Waals surface area contributed by atoms with E-state index in [1.807, 2.05) is 30.5 Å². The second kappa shape index (κ2) is 5.84. The van der Waals surface area contributed by atoms with Crippen LogP contribution in [0.3, 0.4) is 0 Å². The first-order chi connectivity index (χ1) is 12.0. The Morgan fingerprint density at radius 3 is 2.44 bits per heavy atom. The van der Waals surface area contributed by atoms with Gasteiger partial charge in [0.2, 0.25) is 0 Å². The van der Waals surface area contributed by atoms with Crippen LogP contribution >= 0.6 is 0 Å². The Morgan fingerprint density at radius 2 is 1.68 bits per heavy atom. The van der Waals surface area contributed by atoms with Crippen LogP contribution in [0.2, 0.25) is 0 Å². The Morgan fingerprint density at radius 1 is 0.960 bits per heavy atom. The minimum Gasteiger partial charge on any atom is -0.363 e. The fourth-order valence-corrected chi connectivity index (χ4v) is 3.29. The first-order valence-corrected chi connectivity index (χ1v) is 8.49. The molecule has 1 atom stereocenters. The van der Waals surface area contributed by atoms with Crippen LogP contribution in [0.1, 0.15) is 35.5 Å². The number of anilines is 1. The molecule has 3 heterocycles. The number of hydrogen-bond acceptors (Lipinski definition) is 4. The summed E-state index contributed by atoms with van der Waals surface area (Å²) in [7, 11) is 0. The highest BCUT2D eigenvalue weighted by molar-refractivity contribution is 5.93. The molecular weight excluding hydrogens is 310 g/mol. The number of pyridine rings is 1. The van der Waals surface area contributed by atoms with Crippen molar-refractivity contribution < 1.29 is 0 Å². The lowest BCUT2D eigenvalue weighted by molar-refractivity contribution is 0.840. The summed E-state index contributed by atoms with van der Waals surface area (Å²) < 4.78 is 1.87. The normalized spacial score (nSPS) is 12.6. The first-order valence-electron chi connectivity index (χ1n) is 8.49. The van der Waals surface area contributed by atoms with Gasteiger partial charge in [0, 0.05) is 23.5 Å². The Balaban J connectivity index is 1.88. The van der Waals surface area contributed by atoms with Crippen LogP contribution in [-0.4, -0.2) is 19.6 Å². The van der Waals surface area contributed by atoms with Crippen molar-refractivity contribution in [3.63, 3.8) is 0 Å². The lowest BCUT2D eigenvalue weighted by Gasteiger charge is -2.16. The zero-order valence-electron chi connectivity index (χ0n) is 14.9. The molecule has 1 aromatic carbocycles. The van der Waals surface area contributed by atoms with E-state index in [0.717, 1.165) is 39.4 Å². The molecule has 1 unspecified atom stereocenters. The molecule has 3 aromatic heterocycles. The maximum Gasteiger partial charge on any atom is 0.184 e. The van der Waals surface area contributed by atoms with Gasteiger partial charge in [-0.2, -0.15) is 4.52 Å². The van der Waals surface area contributed by atoms with Crippen LogP contribution in [0.4, 0.5) is 5.82 Å². The van der Waals surface area contributed by atoms with Crippen LogP contribution < -0.4 is 5.32 Å². The highest BCUT2D eigenvalue weighted by atomic mass is 15.3. The zero-order valence-corrected chi connectivity index (χ0v) is 14.9. The zero-order chi connectivity index (χ0) is 17.6. The fraction of sp³-hybridized carbons (Fsp3) is 0.250. The third kappa shape index (κ3) is 2.71. The summed E-state index contributed by atoms with van der Waals surface area (Å²) in [5, 5.41) is 9.29. The van der Waals surface area contributed by atoms with Crippen molar-refractivity contribution >= 4 is 22.5 Å². The molecule has 0 amide bonds. The molecule has 4 rings (SSSR count). The predicted molar refractivity (Wildman–Crippen MR) is 101 cm³/mol. The van der Waals surface area contributed by atoms with Crippen LogP contribution in [0.25, 0.3) is 16.7 Å². The molecule has 4 aromatic rings. The molecule has 0 aliphatic carbocycles. The third-order valence-corrected chi connectivity index (χ3v) is 4.46. The second-order valence-corrected chi connectivity index (χ2v) is 6.57. The predicted octanol–water partition coefficient (Wildman–Crippen LogP) is 4.38. The number of aromatic nitrogens is 4. The van der Waals surface area contributed by atoms with E-state index in [1.165, 1.54) is 5.56 Å². The number of benzene rings is 1. The highest BCUT2D eigenvalue weighted by Crippen LogP contribution is 2.26. The number of fused-ring (bicyclic) bond motifs is 3. The molecule has 1 N–H and O–H groups in total. The molecular formula is C20H21N5. The maximum atomic E-state index is 4.72. The van der Waals surface area contributed by atoms with Crippen molar-refractivity contribution in [2.75, 3.05) is 5.32 Å². The highest BCUT2D eigenvalue weighted by Gasteiger charge is 2.15. The van der Waals surface area contributed by atoms with Gasteiger partial charge >= 0.3 is 0 Å². The van der Waals surface area contributed by atoms with Crippen LogP contribution in [0, 0.1) is 20.8 Å². The number of aryl methyl sites for hydroxylation is 3. The lowest BCUT2D eigenvalue weighted by Crippen LogP contribution is -2.11. The smallest absolute Gasteiger partial charge is 0.184 e. The Kier molecular flexibility index (Phi) is 3.64. The van der Waals surface area contributed by atoms with Gasteiger partial charge in [-0.1, -0.05) is 30.3 Å². The summed E-state index contributed by atoms with van der Waals surface area (Å²) in [5.74, 6) is 0.925. The molecule has 0 radical (unpaired) electrons. The molecule has 0 saturated heterocycles. The van der Waals surface area contributed by atoms with E-state index >= 15 is 0 Å². The SMILES string of the molecule is Cc1cc(C)c2c(n1)nn1c(NC(C)c3ccccc3)cc(C)nc21. The van der Waals surface area contributed by atoms with Gasteiger partial charge in [-0.15, -0.1) is 5.10 Å². The Hall–Kier alpha value is -2.95. The van der Waals surface area contributed by atoms with E-state index < -0.39 is 0 Å². The van der Waals surface area contributed by atoms with E-state index in [9.17, 15) is 0 Å². The van der Waals surface area contributed by atoms with Gasteiger partial charge in [0.1, 0.15) is 5.82 Å². The van der Waals surface area contributed by atoms with Crippen molar-refractivity contribution in [3.8, 4) is 0 Å². The van der Waals surface area contributed by atoms with Gasteiger partial charge in [-0.25, -0.2) is 9.97 Å². The summed E-state index contributed by atoms with van der Waals surface area (Å²) in [6, 6.07) is 14.7. The first kappa shape index (κ1) is 15.6. The van der Waals surface area contributed by atoms with E-state index in [1.54, 1.807) is 0 Å².